The van der Waals surface area contributed by atoms with Crippen LogP contribution in [-0.2, 0) is 13.1 Å². The van der Waals surface area contributed by atoms with Gasteiger partial charge in [0.05, 0.1) is 18.2 Å². The third-order valence-corrected chi connectivity index (χ3v) is 4.90. The van der Waals surface area contributed by atoms with Crippen LogP contribution in [0, 0.1) is 0 Å². The van der Waals surface area contributed by atoms with Crippen LogP contribution in [0.2, 0.25) is 0 Å². The number of furan rings is 1. The predicted octanol–water partition coefficient (Wildman–Crippen LogP) is 4.98. The van der Waals surface area contributed by atoms with Gasteiger partial charge in [-0.3, -0.25) is 0 Å². The lowest BCUT2D eigenvalue weighted by Crippen LogP contribution is -2.30. The van der Waals surface area contributed by atoms with Gasteiger partial charge in [0.1, 0.15) is 0 Å². The minimum absolute atomic E-state index is 0.0872. The summed E-state index contributed by atoms with van der Waals surface area (Å²) in [6.07, 6.45) is 5.24. The van der Waals surface area contributed by atoms with Crippen molar-refractivity contribution in [3.8, 4) is 11.1 Å². The lowest BCUT2D eigenvalue weighted by molar-refractivity contribution is 0.212. The van der Waals surface area contributed by atoms with E-state index >= 15 is 0 Å². The monoisotopic (exact) mass is 343 g/mol. The molecule has 2 N–H and O–H groups in total. The highest BCUT2D eigenvalue weighted by Gasteiger charge is 2.24. The number of hydrogen-bond acceptors (Lipinski definition) is 2. The fraction of sp³-hybridized carbons (Fsp3) is 0.0952. The van der Waals surface area contributed by atoms with Gasteiger partial charge < -0.3 is 19.6 Å². The van der Waals surface area contributed by atoms with E-state index in [1.54, 1.807) is 12.5 Å². The maximum absolute atomic E-state index is 12.7. The molecule has 4 aromatic rings. The number of hydrogen-bond donors (Lipinski definition) is 2. The lowest BCUT2D eigenvalue weighted by atomic mass is 10.0. The first-order valence-electron chi connectivity index (χ1n) is 8.54. The van der Waals surface area contributed by atoms with Gasteiger partial charge >= 0.3 is 6.03 Å². The second kappa shape index (κ2) is 5.81. The lowest BCUT2D eigenvalue weighted by Gasteiger charge is -2.16. The number of rotatable bonds is 2. The van der Waals surface area contributed by atoms with Crippen molar-refractivity contribution in [3.63, 3.8) is 0 Å². The Hall–Kier alpha value is -3.47. The highest BCUT2D eigenvalue weighted by molar-refractivity contribution is 6.01. The fourth-order valence-corrected chi connectivity index (χ4v) is 3.52. The summed E-state index contributed by atoms with van der Waals surface area (Å²) >= 11 is 0. The predicted molar refractivity (Wildman–Crippen MR) is 101 cm³/mol. The Morgan fingerprint density at radius 2 is 1.92 bits per heavy atom. The molecule has 1 aliphatic rings. The quantitative estimate of drug-likeness (QED) is 0.539. The minimum atomic E-state index is -0.0872. The highest BCUT2D eigenvalue weighted by atomic mass is 16.3. The van der Waals surface area contributed by atoms with E-state index in [0.29, 0.717) is 13.1 Å². The molecule has 0 spiro atoms. The van der Waals surface area contributed by atoms with E-state index in [-0.39, 0.29) is 6.03 Å². The first-order valence-corrected chi connectivity index (χ1v) is 8.54. The van der Waals surface area contributed by atoms with Gasteiger partial charge in [0.25, 0.3) is 0 Å². The molecule has 0 fully saturated rings. The zero-order valence-corrected chi connectivity index (χ0v) is 14.0. The van der Waals surface area contributed by atoms with Crippen molar-refractivity contribution >= 4 is 22.6 Å². The molecule has 0 saturated carbocycles. The number of H-pyrrole nitrogens is 1. The molecule has 2 aromatic carbocycles. The Morgan fingerprint density at radius 3 is 2.81 bits per heavy atom. The van der Waals surface area contributed by atoms with E-state index in [4.69, 9.17) is 4.42 Å². The van der Waals surface area contributed by atoms with Crippen molar-refractivity contribution in [2.45, 2.75) is 13.1 Å². The maximum atomic E-state index is 12.7. The first-order chi connectivity index (χ1) is 12.8. The maximum Gasteiger partial charge on any atom is 0.322 e. The van der Waals surface area contributed by atoms with Gasteiger partial charge in [-0.1, -0.05) is 30.3 Å². The molecule has 5 rings (SSSR count). The van der Waals surface area contributed by atoms with E-state index in [1.807, 2.05) is 41.4 Å². The Kier molecular flexibility index (Phi) is 3.31. The number of aromatic nitrogens is 1. The number of carbonyl (C=O) groups is 1. The van der Waals surface area contributed by atoms with Crippen LogP contribution in [0.3, 0.4) is 0 Å². The van der Waals surface area contributed by atoms with Crippen molar-refractivity contribution in [2.24, 2.45) is 0 Å². The summed E-state index contributed by atoms with van der Waals surface area (Å²) in [7, 11) is 0. The summed E-state index contributed by atoms with van der Waals surface area (Å²) in [5, 5.41) is 4.04. The number of benzene rings is 2. The van der Waals surface area contributed by atoms with E-state index in [0.717, 1.165) is 27.7 Å². The molecular formula is C21H17N3O2. The molecule has 5 nitrogen and oxygen atoms in total. The van der Waals surface area contributed by atoms with Crippen LogP contribution in [0.25, 0.3) is 22.0 Å². The zero-order valence-electron chi connectivity index (χ0n) is 14.0. The van der Waals surface area contributed by atoms with Crippen LogP contribution in [0.1, 0.15) is 11.1 Å². The zero-order chi connectivity index (χ0) is 17.5. The number of aromatic amines is 1. The van der Waals surface area contributed by atoms with Crippen molar-refractivity contribution in [2.75, 3.05) is 5.32 Å². The molecule has 0 unspecified atom stereocenters. The molecule has 0 radical (unpaired) electrons. The summed E-state index contributed by atoms with van der Waals surface area (Å²) in [5.41, 5.74) is 6.34. The van der Waals surface area contributed by atoms with Crippen LogP contribution in [-0.4, -0.2) is 15.9 Å². The fourth-order valence-electron chi connectivity index (χ4n) is 3.52. The van der Waals surface area contributed by atoms with Crippen LogP contribution < -0.4 is 5.32 Å². The number of carbonyl (C=O) groups excluding carboxylic acids is 1. The minimum Gasteiger partial charge on any atom is -0.472 e. The Bertz CT molecular complexity index is 1100. The van der Waals surface area contributed by atoms with Gasteiger partial charge in [-0.05, 0) is 34.9 Å². The molecule has 26 heavy (non-hydrogen) atoms. The number of para-hydroxylation sites is 1. The molecule has 5 heteroatoms. The van der Waals surface area contributed by atoms with E-state index in [9.17, 15) is 4.79 Å². The van der Waals surface area contributed by atoms with Crippen LogP contribution in [0.5, 0.6) is 0 Å². The Labute approximate surface area is 150 Å². The van der Waals surface area contributed by atoms with E-state index < -0.39 is 0 Å². The Morgan fingerprint density at radius 1 is 1.04 bits per heavy atom. The van der Waals surface area contributed by atoms with Gasteiger partial charge in [-0.2, -0.15) is 0 Å². The van der Waals surface area contributed by atoms with E-state index in [2.05, 4.69) is 28.5 Å². The van der Waals surface area contributed by atoms with Gasteiger partial charge in [-0.15, -0.1) is 0 Å². The molecule has 2 amide bonds. The molecule has 0 saturated heterocycles. The Balaban J connectivity index is 1.35. The summed E-state index contributed by atoms with van der Waals surface area (Å²) in [6.45, 7) is 1.23. The third kappa shape index (κ3) is 2.45. The third-order valence-electron chi connectivity index (χ3n) is 4.90. The average molecular weight is 343 g/mol. The molecule has 0 aliphatic carbocycles. The van der Waals surface area contributed by atoms with Crippen LogP contribution >= 0.6 is 0 Å². The SMILES string of the molecule is O=C(Nc1c[nH]c2ccccc12)N1Cc2ccc(-c3ccoc3)cc2C1. The number of fused-ring (bicyclic) bond motifs is 2. The van der Waals surface area contributed by atoms with Gasteiger partial charge in [0.2, 0.25) is 0 Å². The molecule has 1 aliphatic heterocycles. The van der Waals surface area contributed by atoms with Crippen molar-refractivity contribution in [1.82, 2.24) is 9.88 Å². The second-order valence-electron chi connectivity index (χ2n) is 6.53. The number of amides is 2. The highest BCUT2D eigenvalue weighted by Crippen LogP contribution is 2.30. The summed E-state index contributed by atoms with van der Waals surface area (Å²) < 4.78 is 5.16. The molecule has 3 heterocycles. The standard InChI is InChI=1S/C21H17N3O2/c25-21(23-20-10-22-19-4-2-1-3-18(19)20)24-11-15-6-5-14(9-17(15)12-24)16-7-8-26-13-16/h1-10,13,22H,11-12H2,(H,23,25). The largest absolute Gasteiger partial charge is 0.472 e. The molecular weight excluding hydrogens is 326 g/mol. The van der Waals surface area contributed by atoms with Crippen molar-refractivity contribution < 1.29 is 9.21 Å². The number of urea groups is 1. The second-order valence-corrected chi connectivity index (χ2v) is 6.53. The molecule has 128 valence electrons. The molecule has 2 aromatic heterocycles. The molecule has 0 atom stereocenters. The summed E-state index contributed by atoms with van der Waals surface area (Å²) in [4.78, 5) is 17.7. The number of nitrogens with one attached hydrogen (secondary N) is 2. The first kappa shape index (κ1) is 14.8. The van der Waals surface area contributed by atoms with Gasteiger partial charge in [0.15, 0.2) is 0 Å². The number of nitrogens with zero attached hydrogens (tertiary/aromatic N) is 1. The van der Waals surface area contributed by atoms with E-state index in [1.165, 1.54) is 11.1 Å². The topological polar surface area (TPSA) is 61.3 Å². The molecule has 0 bridgehead atoms. The van der Waals surface area contributed by atoms with Gasteiger partial charge in [-0.25, -0.2) is 4.79 Å². The average Bonchev–Trinajstić information content (AvgIpc) is 3.40. The number of anilines is 1. The van der Waals surface area contributed by atoms with Crippen LogP contribution in [0.15, 0.2) is 71.7 Å². The normalized spacial score (nSPS) is 13.2. The van der Waals surface area contributed by atoms with Gasteiger partial charge in [0, 0.05) is 35.8 Å². The van der Waals surface area contributed by atoms with Crippen molar-refractivity contribution in [3.05, 3.63) is 78.4 Å². The summed E-state index contributed by atoms with van der Waals surface area (Å²) in [5.74, 6) is 0. The van der Waals surface area contributed by atoms with Crippen molar-refractivity contribution in [1.29, 1.82) is 0 Å². The smallest absolute Gasteiger partial charge is 0.322 e. The summed E-state index contributed by atoms with van der Waals surface area (Å²) in [6, 6.07) is 16.1. The van der Waals surface area contributed by atoms with Crippen LogP contribution in [0.4, 0.5) is 10.5 Å².